The van der Waals surface area contributed by atoms with E-state index in [2.05, 4.69) is 15.5 Å². The maximum atomic E-state index is 12.4. The van der Waals surface area contributed by atoms with Crippen LogP contribution in [0.5, 0.6) is 0 Å². The van der Waals surface area contributed by atoms with Crippen molar-refractivity contribution >= 4 is 35.3 Å². The summed E-state index contributed by atoms with van der Waals surface area (Å²) in [5.74, 6) is -1.54. The number of rotatable bonds is 4. The standard InChI is InChI=1S/C17H13ClN4O3/c1-10-15(22-9-12(18)6-7-14(22)20-10)16(23)21-19-8-11-4-2-3-5-13(11)17(24)25/h2-9H,1H3,(H,21,23)(H,24,25)/b19-8+. The number of aromatic carboxylic acids is 1. The Kier molecular flexibility index (Phi) is 4.49. The number of imidazole rings is 1. The van der Waals surface area contributed by atoms with Gasteiger partial charge in [-0.3, -0.25) is 9.20 Å². The molecular weight excluding hydrogens is 344 g/mol. The summed E-state index contributed by atoms with van der Waals surface area (Å²) in [6, 6.07) is 9.75. The number of nitrogens with zero attached hydrogens (tertiary/aromatic N) is 3. The highest BCUT2D eigenvalue weighted by molar-refractivity contribution is 6.30. The van der Waals surface area contributed by atoms with E-state index in [1.54, 1.807) is 47.9 Å². The predicted molar refractivity (Wildman–Crippen MR) is 93.4 cm³/mol. The average molecular weight is 357 g/mol. The smallest absolute Gasteiger partial charge is 0.336 e. The quantitative estimate of drug-likeness (QED) is 0.555. The molecule has 0 aliphatic rings. The van der Waals surface area contributed by atoms with Crippen molar-refractivity contribution in [1.82, 2.24) is 14.8 Å². The molecule has 0 fully saturated rings. The average Bonchev–Trinajstić information content (AvgIpc) is 2.90. The van der Waals surface area contributed by atoms with E-state index < -0.39 is 11.9 Å². The number of hydrogen-bond donors (Lipinski definition) is 2. The zero-order chi connectivity index (χ0) is 18.0. The van der Waals surface area contributed by atoms with Gasteiger partial charge in [-0.05, 0) is 25.1 Å². The van der Waals surface area contributed by atoms with Gasteiger partial charge in [0.05, 0.1) is 22.5 Å². The lowest BCUT2D eigenvalue weighted by Crippen LogP contribution is -2.20. The molecule has 0 radical (unpaired) electrons. The number of hydrogen-bond acceptors (Lipinski definition) is 4. The summed E-state index contributed by atoms with van der Waals surface area (Å²) in [7, 11) is 0. The lowest BCUT2D eigenvalue weighted by Gasteiger charge is -2.03. The first kappa shape index (κ1) is 16.7. The summed E-state index contributed by atoms with van der Waals surface area (Å²) in [4.78, 5) is 27.9. The number of benzene rings is 1. The number of halogens is 1. The summed E-state index contributed by atoms with van der Waals surface area (Å²) < 4.78 is 1.58. The van der Waals surface area contributed by atoms with Crippen molar-refractivity contribution in [2.75, 3.05) is 0 Å². The van der Waals surface area contributed by atoms with Crippen LogP contribution < -0.4 is 5.43 Å². The molecular formula is C17H13ClN4O3. The molecule has 0 spiro atoms. The van der Waals surface area contributed by atoms with E-state index in [4.69, 9.17) is 16.7 Å². The highest BCUT2D eigenvalue weighted by atomic mass is 35.5. The number of aromatic nitrogens is 2. The zero-order valence-electron chi connectivity index (χ0n) is 13.1. The lowest BCUT2D eigenvalue weighted by molar-refractivity contribution is 0.0696. The second-order valence-corrected chi connectivity index (χ2v) is 5.65. The monoisotopic (exact) mass is 356 g/mol. The maximum absolute atomic E-state index is 12.4. The first-order valence-electron chi connectivity index (χ1n) is 7.27. The van der Waals surface area contributed by atoms with Crippen LogP contribution in [0.1, 0.15) is 32.1 Å². The van der Waals surface area contributed by atoms with Crippen LogP contribution in [-0.4, -0.2) is 32.6 Å². The van der Waals surface area contributed by atoms with E-state index in [9.17, 15) is 9.59 Å². The number of carboxylic acids is 1. The third-order valence-electron chi connectivity index (χ3n) is 3.53. The molecule has 0 unspecified atom stereocenters. The number of carbonyl (C=O) groups excluding carboxylic acids is 1. The van der Waals surface area contributed by atoms with Gasteiger partial charge in [0.2, 0.25) is 0 Å². The van der Waals surface area contributed by atoms with Gasteiger partial charge in [-0.2, -0.15) is 5.10 Å². The highest BCUT2D eigenvalue weighted by Gasteiger charge is 2.16. The van der Waals surface area contributed by atoms with E-state index in [-0.39, 0.29) is 5.56 Å². The molecule has 2 N–H and O–H groups in total. The van der Waals surface area contributed by atoms with Crippen molar-refractivity contribution in [3.63, 3.8) is 0 Å². The van der Waals surface area contributed by atoms with E-state index in [0.29, 0.717) is 27.6 Å². The van der Waals surface area contributed by atoms with Crippen molar-refractivity contribution in [3.05, 3.63) is 70.1 Å². The molecule has 25 heavy (non-hydrogen) atoms. The molecule has 0 bridgehead atoms. The number of carboxylic acid groups (broad SMARTS) is 1. The van der Waals surface area contributed by atoms with Gasteiger partial charge in [-0.25, -0.2) is 15.2 Å². The van der Waals surface area contributed by atoms with Crippen LogP contribution in [0.2, 0.25) is 5.02 Å². The minimum atomic E-state index is -1.07. The second-order valence-electron chi connectivity index (χ2n) is 5.21. The molecule has 0 saturated heterocycles. The van der Waals surface area contributed by atoms with Crippen molar-refractivity contribution in [2.24, 2.45) is 5.10 Å². The summed E-state index contributed by atoms with van der Waals surface area (Å²) >= 11 is 5.97. The fraction of sp³-hybridized carbons (Fsp3) is 0.0588. The second kappa shape index (κ2) is 6.74. The van der Waals surface area contributed by atoms with Crippen LogP contribution in [0.25, 0.3) is 5.65 Å². The van der Waals surface area contributed by atoms with Crippen LogP contribution in [0.15, 0.2) is 47.7 Å². The summed E-state index contributed by atoms with van der Waals surface area (Å²) in [5, 5.41) is 13.5. The summed E-state index contributed by atoms with van der Waals surface area (Å²) in [5.41, 5.74) is 4.29. The Morgan fingerprint density at radius 2 is 2.04 bits per heavy atom. The van der Waals surface area contributed by atoms with Gasteiger partial charge in [-0.1, -0.05) is 29.8 Å². The molecule has 8 heteroatoms. The summed E-state index contributed by atoms with van der Waals surface area (Å²) in [6.07, 6.45) is 2.88. The van der Waals surface area contributed by atoms with Crippen LogP contribution in [0.3, 0.4) is 0 Å². The highest BCUT2D eigenvalue weighted by Crippen LogP contribution is 2.16. The molecule has 7 nitrogen and oxygen atoms in total. The number of carbonyl (C=O) groups is 2. The Bertz CT molecular complexity index is 1010. The van der Waals surface area contributed by atoms with Crippen molar-refractivity contribution < 1.29 is 14.7 Å². The predicted octanol–water partition coefficient (Wildman–Crippen LogP) is 2.76. The van der Waals surface area contributed by atoms with Crippen LogP contribution in [-0.2, 0) is 0 Å². The number of aryl methyl sites for hydroxylation is 1. The molecule has 2 aromatic heterocycles. The van der Waals surface area contributed by atoms with Gasteiger partial charge in [0.25, 0.3) is 5.91 Å². The molecule has 2 heterocycles. The van der Waals surface area contributed by atoms with Crippen molar-refractivity contribution in [2.45, 2.75) is 6.92 Å². The fourth-order valence-electron chi connectivity index (χ4n) is 2.43. The van der Waals surface area contributed by atoms with E-state index >= 15 is 0 Å². The first-order chi connectivity index (χ1) is 12.0. The fourth-order valence-corrected chi connectivity index (χ4v) is 2.59. The maximum Gasteiger partial charge on any atom is 0.336 e. The molecule has 0 saturated carbocycles. The molecule has 1 amide bonds. The molecule has 3 rings (SSSR count). The summed E-state index contributed by atoms with van der Waals surface area (Å²) in [6.45, 7) is 1.71. The molecule has 1 aromatic carbocycles. The van der Waals surface area contributed by atoms with Gasteiger partial charge in [0, 0.05) is 11.8 Å². The molecule has 0 aliphatic carbocycles. The van der Waals surface area contributed by atoms with Crippen LogP contribution in [0.4, 0.5) is 0 Å². The molecule has 0 atom stereocenters. The Hall–Kier alpha value is -3.19. The molecule has 0 aliphatic heterocycles. The Morgan fingerprint density at radius 3 is 2.80 bits per heavy atom. The topological polar surface area (TPSA) is 96.1 Å². The third kappa shape index (κ3) is 3.36. The zero-order valence-corrected chi connectivity index (χ0v) is 13.9. The van der Waals surface area contributed by atoms with Crippen molar-refractivity contribution in [1.29, 1.82) is 0 Å². The van der Waals surface area contributed by atoms with Crippen molar-refractivity contribution in [3.8, 4) is 0 Å². The SMILES string of the molecule is Cc1nc2ccc(Cl)cn2c1C(=O)N/N=C/c1ccccc1C(=O)O. The number of hydrazone groups is 1. The van der Waals surface area contributed by atoms with Gasteiger partial charge < -0.3 is 5.11 Å². The number of nitrogens with one attached hydrogen (secondary N) is 1. The Balaban J connectivity index is 1.86. The van der Waals surface area contributed by atoms with Gasteiger partial charge in [0.15, 0.2) is 0 Å². The molecule has 3 aromatic rings. The van der Waals surface area contributed by atoms with Gasteiger partial charge in [0.1, 0.15) is 11.3 Å². The Morgan fingerprint density at radius 1 is 1.28 bits per heavy atom. The minimum Gasteiger partial charge on any atom is -0.478 e. The molecule has 126 valence electrons. The minimum absolute atomic E-state index is 0.0956. The van der Waals surface area contributed by atoms with Crippen LogP contribution >= 0.6 is 11.6 Å². The van der Waals surface area contributed by atoms with E-state index in [1.165, 1.54) is 12.3 Å². The number of amides is 1. The lowest BCUT2D eigenvalue weighted by atomic mass is 10.1. The number of fused-ring (bicyclic) bond motifs is 1. The Labute approximate surface area is 147 Å². The van der Waals surface area contributed by atoms with Gasteiger partial charge in [-0.15, -0.1) is 0 Å². The number of pyridine rings is 1. The van der Waals surface area contributed by atoms with Gasteiger partial charge >= 0.3 is 5.97 Å². The van der Waals surface area contributed by atoms with E-state index in [1.807, 2.05) is 0 Å². The van der Waals surface area contributed by atoms with E-state index in [0.717, 1.165) is 0 Å². The first-order valence-corrected chi connectivity index (χ1v) is 7.65. The normalized spacial score (nSPS) is 11.1. The largest absolute Gasteiger partial charge is 0.478 e. The third-order valence-corrected chi connectivity index (χ3v) is 3.76. The van der Waals surface area contributed by atoms with Crippen LogP contribution in [0, 0.1) is 6.92 Å².